The van der Waals surface area contributed by atoms with Crippen LogP contribution in [0.15, 0.2) is 18.2 Å². The summed E-state index contributed by atoms with van der Waals surface area (Å²) in [5.41, 5.74) is -1.11. The first-order valence-corrected chi connectivity index (χ1v) is 6.93. The van der Waals surface area contributed by atoms with Gasteiger partial charge in [0.1, 0.15) is 17.2 Å². The van der Waals surface area contributed by atoms with Gasteiger partial charge in [0.15, 0.2) is 5.78 Å². The molecule has 21 heavy (non-hydrogen) atoms. The number of hydrogen-bond acceptors (Lipinski definition) is 3. The van der Waals surface area contributed by atoms with E-state index < -0.39 is 23.1 Å². The molecule has 0 bridgehead atoms. The number of Topliss-reactive ketones (excluding diaryl/α,β-unsaturated/α-hetero) is 1. The van der Waals surface area contributed by atoms with E-state index in [0.29, 0.717) is 26.0 Å². The smallest absolute Gasteiger partial charge is 0.257 e. The molecule has 112 valence electrons. The number of nitrogens with zero attached hydrogens (tertiary/aromatic N) is 1. The average molecular weight is 295 g/mol. The van der Waals surface area contributed by atoms with E-state index in [-0.39, 0.29) is 17.9 Å². The van der Waals surface area contributed by atoms with Crippen molar-refractivity contribution in [2.24, 2.45) is 0 Å². The van der Waals surface area contributed by atoms with E-state index in [9.17, 15) is 18.4 Å². The van der Waals surface area contributed by atoms with E-state index >= 15 is 0 Å². The number of rotatable bonds is 1. The number of carbonyl (C=O) groups excluding carboxylic acids is 2. The second kappa shape index (κ2) is 5.18. The molecule has 3 rings (SSSR count). The molecule has 2 saturated heterocycles. The van der Waals surface area contributed by atoms with Crippen molar-refractivity contribution in [1.29, 1.82) is 0 Å². The molecule has 2 heterocycles. The third-order valence-corrected chi connectivity index (χ3v) is 4.18. The molecule has 0 unspecified atom stereocenters. The first-order chi connectivity index (χ1) is 10.0. The Morgan fingerprint density at radius 1 is 1.29 bits per heavy atom. The lowest BCUT2D eigenvalue weighted by molar-refractivity contribution is -0.144. The Kier molecular flexibility index (Phi) is 3.49. The van der Waals surface area contributed by atoms with Crippen LogP contribution in [-0.4, -0.2) is 41.9 Å². The molecule has 6 heteroatoms. The summed E-state index contributed by atoms with van der Waals surface area (Å²) < 4.78 is 32.4. The molecule has 4 nitrogen and oxygen atoms in total. The maximum Gasteiger partial charge on any atom is 0.257 e. The number of ketones is 1. The quantitative estimate of drug-likeness (QED) is 0.795. The summed E-state index contributed by atoms with van der Waals surface area (Å²) in [6.07, 6.45) is 1.91. The zero-order chi connectivity index (χ0) is 15.0. The lowest BCUT2D eigenvalue weighted by Crippen LogP contribution is -2.53. The van der Waals surface area contributed by atoms with Gasteiger partial charge in [-0.15, -0.1) is 0 Å². The Hall–Kier alpha value is -1.82. The molecule has 2 aliphatic heterocycles. The molecule has 0 N–H and O–H groups in total. The SMILES string of the molecule is O=C(c1cc(F)ccc1F)N1CC[C@]2(CCCO2)C(=O)C1. The Morgan fingerprint density at radius 3 is 2.76 bits per heavy atom. The Morgan fingerprint density at radius 2 is 2.10 bits per heavy atom. The summed E-state index contributed by atoms with van der Waals surface area (Å²) in [7, 11) is 0. The average Bonchev–Trinajstić information content (AvgIpc) is 2.94. The van der Waals surface area contributed by atoms with Crippen molar-refractivity contribution in [3.05, 3.63) is 35.4 Å². The fourth-order valence-corrected chi connectivity index (χ4v) is 2.97. The second-order valence-electron chi connectivity index (χ2n) is 5.47. The van der Waals surface area contributed by atoms with Crippen LogP contribution >= 0.6 is 0 Å². The van der Waals surface area contributed by atoms with Crippen molar-refractivity contribution >= 4 is 11.7 Å². The summed E-state index contributed by atoms with van der Waals surface area (Å²) >= 11 is 0. The highest BCUT2D eigenvalue weighted by Gasteiger charge is 2.46. The topological polar surface area (TPSA) is 46.6 Å². The van der Waals surface area contributed by atoms with Crippen LogP contribution in [0.2, 0.25) is 0 Å². The number of carbonyl (C=O) groups is 2. The normalized spacial score (nSPS) is 25.6. The molecular weight excluding hydrogens is 280 g/mol. The highest BCUT2D eigenvalue weighted by molar-refractivity contribution is 5.99. The van der Waals surface area contributed by atoms with Crippen molar-refractivity contribution in [3.63, 3.8) is 0 Å². The Balaban J connectivity index is 1.78. The molecular formula is C15H15F2NO3. The third kappa shape index (κ3) is 2.44. The largest absolute Gasteiger partial charge is 0.367 e. The van der Waals surface area contributed by atoms with Gasteiger partial charge in [-0.2, -0.15) is 0 Å². The highest BCUT2D eigenvalue weighted by Crippen LogP contribution is 2.33. The second-order valence-corrected chi connectivity index (χ2v) is 5.47. The van der Waals surface area contributed by atoms with Gasteiger partial charge in [-0.1, -0.05) is 0 Å². The van der Waals surface area contributed by atoms with E-state index in [4.69, 9.17) is 4.74 Å². The molecule has 1 atom stereocenters. The maximum atomic E-state index is 13.6. The standard InChI is InChI=1S/C15H15F2NO3/c16-10-2-3-12(17)11(8-10)14(20)18-6-5-15(13(19)9-18)4-1-7-21-15/h2-3,8H,1,4-7,9H2/t15-/m1/s1. The number of piperidine rings is 1. The van der Waals surface area contributed by atoms with Gasteiger partial charge in [0.25, 0.3) is 5.91 Å². The minimum atomic E-state index is -0.786. The molecule has 2 aliphatic rings. The van der Waals surface area contributed by atoms with Gasteiger partial charge < -0.3 is 9.64 Å². The monoisotopic (exact) mass is 295 g/mol. The van der Waals surface area contributed by atoms with Crippen molar-refractivity contribution in [2.45, 2.75) is 24.9 Å². The predicted molar refractivity (Wildman–Crippen MR) is 69.8 cm³/mol. The Bertz CT molecular complexity index is 597. The fraction of sp³-hybridized carbons (Fsp3) is 0.467. The van der Waals surface area contributed by atoms with Crippen LogP contribution < -0.4 is 0 Å². The van der Waals surface area contributed by atoms with Crippen molar-refractivity contribution in [3.8, 4) is 0 Å². The third-order valence-electron chi connectivity index (χ3n) is 4.18. The summed E-state index contributed by atoms with van der Waals surface area (Å²) in [6.45, 7) is 0.744. The summed E-state index contributed by atoms with van der Waals surface area (Å²) in [5.74, 6) is -2.28. The van der Waals surface area contributed by atoms with Crippen LogP contribution in [0.3, 0.4) is 0 Å². The summed E-state index contributed by atoms with van der Waals surface area (Å²) in [6, 6.07) is 2.73. The predicted octanol–water partition coefficient (Wildman–Crippen LogP) is 1.93. The van der Waals surface area contributed by atoms with E-state index in [0.717, 1.165) is 24.6 Å². The molecule has 0 aromatic heterocycles. The zero-order valence-corrected chi connectivity index (χ0v) is 11.4. The summed E-state index contributed by atoms with van der Waals surface area (Å²) in [4.78, 5) is 25.7. The van der Waals surface area contributed by atoms with Gasteiger partial charge in [0, 0.05) is 19.6 Å². The fourth-order valence-electron chi connectivity index (χ4n) is 2.97. The van der Waals surface area contributed by atoms with Crippen LogP contribution in [-0.2, 0) is 9.53 Å². The van der Waals surface area contributed by atoms with E-state index in [2.05, 4.69) is 0 Å². The molecule has 1 aromatic rings. The van der Waals surface area contributed by atoms with E-state index in [1.54, 1.807) is 0 Å². The lowest BCUT2D eigenvalue weighted by atomic mass is 9.87. The summed E-state index contributed by atoms with van der Waals surface area (Å²) in [5, 5.41) is 0. The van der Waals surface area contributed by atoms with Gasteiger partial charge in [-0.05, 0) is 31.0 Å². The number of amides is 1. The van der Waals surface area contributed by atoms with Gasteiger partial charge in [-0.3, -0.25) is 9.59 Å². The molecule has 1 aromatic carbocycles. The van der Waals surface area contributed by atoms with Crippen LogP contribution in [0.5, 0.6) is 0 Å². The van der Waals surface area contributed by atoms with Crippen LogP contribution in [0.25, 0.3) is 0 Å². The number of likely N-dealkylation sites (tertiary alicyclic amines) is 1. The Labute approximate surface area is 120 Å². The molecule has 1 amide bonds. The van der Waals surface area contributed by atoms with E-state index in [1.807, 2.05) is 0 Å². The van der Waals surface area contributed by atoms with Crippen LogP contribution in [0.1, 0.15) is 29.6 Å². The highest BCUT2D eigenvalue weighted by atomic mass is 19.1. The maximum absolute atomic E-state index is 13.6. The van der Waals surface area contributed by atoms with Crippen molar-refractivity contribution < 1.29 is 23.1 Å². The van der Waals surface area contributed by atoms with Gasteiger partial charge >= 0.3 is 0 Å². The zero-order valence-electron chi connectivity index (χ0n) is 11.4. The number of hydrogen-bond donors (Lipinski definition) is 0. The van der Waals surface area contributed by atoms with Gasteiger partial charge in [0.2, 0.25) is 0 Å². The lowest BCUT2D eigenvalue weighted by Gasteiger charge is -2.37. The molecule has 0 radical (unpaired) electrons. The minimum absolute atomic E-state index is 0.116. The van der Waals surface area contributed by atoms with Gasteiger partial charge in [-0.25, -0.2) is 8.78 Å². The minimum Gasteiger partial charge on any atom is -0.367 e. The van der Waals surface area contributed by atoms with Crippen LogP contribution in [0.4, 0.5) is 8.78 Å². The van der Waals surface area contributed by atoms with Crippen molar-refractivity contribution in [2.75, 3.05) is 19.7 Å². The van der Waals surface area contributed by atoms with E-state index in [1.165, 1.54) is 4.90 Å². The molecule has 2 fully saturated rings. The number of halogens is 2. The van der Waals surface area contributed by atoms with Crippen molar-refractivity contribution in [1.82, 2.24) is 4.90 Å². The number of benzene rings is 1. The molecule has 1 spiro atoms. The number of ether oxygens (including phenoxy) is 1. The first-order valence-electron chi connectivity index (χ1n) is 6.93. The van der Waals surface area contributed by atoms with Gasteiger partial charge in [0.05, 0.1) is 12.1 Å². The molecule has 0 saturated carbocycles. The first kappa shape index (κ1) is 14.1. The molecule has 0 aliphatic carbocycles. The van der Waals surface area contributed by atoms with Crippen LogP contribution in [0, 0.1) is 11.6 Å².